The number of aromatic nitrogens is 1. The molecule has 0 spiro atoms. The number of piperidine rings is 1. The zero-order valence-electron chi connectivity index (χ0n) is 15.4. The summed E-state index contributed by atoms with van der Waals surface area (Å²) in [5.74, 6) is -1.55. The van der Waals surface area contributed by atoms with Gasteiger partial charge < -0.3 is 15.4 Å². The number of nitrogens with two attached hydrogens (primary N) is 1. The number of ether oxygens (including phenoxy) is 1. The van der Waals surface area contributed by atoms with Gasteiger partial charge in [-0.2, -0.15) is 0 Å². The van der Waals surface area contributed by atoms with Crippen molar-refractivity contribution in [3.63, 3.8) is 0 Å². The van der Waals surface area contributed by atoms with Gasteiger partial charge in [0.15, 0.2) is 16.8 Å². The lowest BCUT2D eigenvalue weighted by atomic mass is 9.85. The highest BCUT2D eigenvalue weighted by atomic mass is 35.5. The van der Waals surface area contributed by atoms with Crippen LogP contribution in [0.5, 0.6) is 0 Å². The van der Waals surface area contributed by atoms with Crippen LogP contribution in [0.15, 0.2) is 36.5 Å². The number of pyridine rings is 1. The first-order valence-electron chi connectivity index (χ1n) is 8.99. The Bertz CT molecular complexity index is 878. The van der Waals surface area contributed by atoms with E-state index in [1.54, 1.807) is 4.90 Å². The van der Waals surface area contributed by atoms with Crippen LogP contribution in [0.2, 0.25) is 5.15 Å². The van der Waals surface area contributed by atoms with Crippen LogP contribution in [0.4, 0.5) is 14.9 Å². The van der Waals surface area contributed by atoms with E-state index in [-0.39, 0.29) is 40.8 Å². The van der Waals surface area contributed by atoms with Crippen molar-refractivity contribution in [1.82, 2.24) is 9.88 Å². The predicted octanol–water partition coefficient (Wildman–Crippen LogP) is 4.08. The van der Waals surface area contributed by atoms with Crippen LogP contribution in [0.25, 0.3) is 0 Å². The number of carbonyl (C=O) groups is 2. The molecule has 1 saturated heterocycles. The van der Waals surface area contributed by atoms with Crippen molar-refractivity contribution in [3.8, 4) is 0 Å². The molecular formula is C20H21ClFN3O3. The van der Waals surface area contributed by atoms with E-state index < -0.39 is 11.9 Å². The fraction of sp³-hybridized carbons (Fsp3) is 0.350. The molecule has 1 unspecified atom stereocenters. The van der Waals surface area contributed by atoms with Crippen molar-refractivity contribution >= 4 is 29.2 Å². The van der Waals surface area contributed by atoms with Crippen LogP contribution in [0.3, 0.4) is 0 Å². The smallest absolute Gasteiger partial charge is 0.410 e. The number of Topliss-reactive ketones (excluding diaryl/α,β-unsaturated/α-hetero) is 1. The van der Waals surface area contributed by atoms with Gasteiger partial charge in [-0.05, 0) is 25.3 Å². The number of halogens is 2. The van der Waals surface area contributed by atoms with E-state index in [9.17, 15) is 14.0 Å². The zero-order chi connectivity index (χ0) is 20.3. The minimum absolute atomic E-state index is 0.0270. The van der Waals surface area contributed by atoms with Crippen molar-refractivity contribution in [1.29, 1.82) is 0 Å². The Kier molecular flexibility index (Phi) is 6.14. The van der Waals surface area contributed by atoms with Gasteiger partial charge in [0.1, 0.15) is 6.61 Å². The minimum Gasteiger partial charge on any atom is -0.445 e. The minimum atomic E-state index is -0.887. The van der Waals surface area contributed by atoms with Gasteiger partial charge in [-0.15, -0.1) is 0 Å². The second kappa shape index (κ2) is 8.56. The fourth-order valence-corrected chi connectivity index (χ4v) is 3.53. The highest BCUT2D eigenvalue weighted by Crippen LogP contribution is 2.30. The van der Waals surface area contributed by atoms with Gasteiger partial charge in [0.2, 0.25) is 0 Å². The third kappa shape index (κ3) is 4.25. The van der Waals surface area contributed by atoms with Crippen molar-refractivity contribution < 1.29 is 18.7 Å². The fourth-order valence-electron chi connectivity index (χ4n) is 3.38. The van der Waals surface area contributed by atoms with Gasteiger partial charge in [0.05, 0.1) is 11.3 Å². The zero-order valence-corrected chi connectivity index (χ0v) is 16.2. The van der Waals surface area contributed by atoms with Crippen molar-refractivity contribution in [2.24, 2.45) is 5.92 Å². The maximum absolute atomic E-state index is 13.8. The summed E-state index contributed by atoms with van der Waals surface area (Å²) < 4.78 is 19.2. The van der Waals surface area contributed by atoms with E-state index in [0.29, 0.717) is 19.4 Å². The van der Waals surface area contributed by atoms with Crippen LogP contribution in [-0.4, -0.2) is 34.3 Å². The van der Waals surface area contributed by atoms with Crippen molar-refractivity contribution in [2.75, 3.05) is 12.3 Å². The van der Waals surface area contributed by atoms with Crippen LogP contribution in [0.1, 0.15) is 35.7 Å². The Balaban J connectivity index is 1.61. The van der Waals surface area contributed by atoms with Gasteiger partial charge in [0.25, 0.3) is 0 Å². The molecule has 0 aliphatic carbocycles. The molecule has 2 atom stereocenters. The first-order chi connectivity index (χ1) is 13.4. The lowest BCUT2D eigenvalue weighted by molar-refractivity contribution is 0.0555. The average Bonchev–Trinajstić information content (AvgIpc) is 2.70. The second-order valence-corrected chi connectivity index (χ2v) is 7.22. The van der Waals surface area contributed by atoms with Crippen LogP contribution in [-0.2, 0) is 11.3 Å². The Labute approximate surface area is 167 Å². The predicted molar refractivity (Wildman–Crippen MR) is 103 cm³/mol. The molecule has 1 aliphatic heterocycles. The second-order valence-electron chi connectivity index (χ2n) is 6.86. The number of hydrogen-bond donors (Lipinski definition) is 1. The molecule has 8 heteroatoms. The molecule has 0 radical (unpaired) electrons. The lowest BCUT2D eigenvalue weighted by Gasteiger charge is -2.36. The Hall–Kier alpha value is -2.67. The van der Waals surface area contributed by atoms with Crippen molar-refractivity contribution in [2.45, 2.75) is 32.4 Å². The van der Waals surface area contributed by atoms with Gasteiger partial charge in [-0.25, -0.2) is 14.2 Å². The molecule has 2 aromatic rings. The summed E-state index contributed by atoms with van der Waals surface area (Å²) >= 11 is 5.59. The average molecular weight is 406 g/mol. The molecule has 28 heavy (non-hydrogen) atoms. The van der Waals surface area contributed by atoms with E-state index in [0.717, 1.165) is 5.56 Å². The molecule has 1 aromatic carbocycles. The summed E-state index contributed by atoms with van der Waals surface area (Å²) in [6, 6.07) is 9.21. The molecule has 1 aliphatic rings. The molecule has 1 aromatic heterocycles. The van der Waals surface area contributed by atoms with Gasteiger partial charge in [-0.1, -0.05) is 41.9 Å². The van der Waals surface area contributed by atoms with Crippen LogP contribution in [0, 0.1) is 11.7 Å². The summed E-state index contributed by atoms with van der Waals surface area (Å²) in [6.07, 6.45) is 1.66. The van der Waals surface area contributed by atoms with Gasteiger partial charge in [-0.3, -0.25) is 4.79 Å². The normalized spacial score (nSPS) is 19.3. The number of anilines is 1. The van der Waals surface area contributed by atoms with E-state index in [1.165, 1.54) is 6.20 Å². The first-order valence-corrected chi connectivity index (χ1v) is 9.37. The number of nitrogen functional groups attached to an aromatic ring is 1. The molecule has 3 rings (SSSR count). The Morgan fingerprint density at radius 3 is 2.75 bits per heavy atom. The number of hydrogen-bond acceptors (Lipinski definition) is 5. The number of carbonyl (C=O) groups excluding carboxylic acids is 2. The molecule has 0 bridgehead atoms. The van der Waals surface area contributed by atoms with Crippen LogP contribution >= 0.6 is 11.6 Å². The third-order valence-electron chi connectivity index (χ3n) is 4.97. The summed E-state index contributed by atoms with van der Waals surface area (Å²) in [5.41, 5.74) is 6.33. The summed E-state index contributed by atoms with van der Waals surface area (Å²) in [7, 11) is 0. The number of ketones is 1. The third-order valence-corrected chi connectivity index (χ3v) is 5.23. The summed E-state index contributed by atoms with van der Waals surface area (Å²) in [6.45, 7) is 2.42. The molecule has 1 fully saturated rings. The summed E-state index contributed by atoms with van der Waals surface area (Å²) in [5, 5.41) is -0.363. The number of rotatable bonds is 4. The quantitative estimate of drug-likeness (QED) is 0.612. The maximum Gasteiger partial charge on any atom is 0.410 e. The van der Waals surface area contributed by atoms with E-state index in [2.05, 4.69) is 4.98 Å². The monoisotopic (exact) mass is 405 g/mol. The molecule has 2 heterocycles. The standard InChI is InChI=1S/C20H21ClFN3O3/c1-12-9-14(18(26)15-10-24-19(21)16(22)17(15)23)7-8-25(12)20(27)28-11-13-5-3-2-4-6-13/h2-6,10,12,14H,7-9,11H2,1H3,(H2,23,24)/t12-,14?/m1/s1. The number of amides is 1. The first kappa shape index (κ1) is 20.1. The number of benzene rings is 1. The molecular weight excluding hydrogens is 385 g/mol. The summed E-state index contributed by atoms with van der Waals surface area (Å²) in [4.78, 5) is 30.4. The number of likely N-dealkylation sites (tertiary alicyclic amines) is 1. The lowest BCUT2D eigenvalue weighted by Crippen LogP contribution is -2.46. The van der Waals surface area contributed by atoms with Crippen molar-refractivity contribution in [3.05, 3.63) is 58.6 Å². The molecule has 0 saturated carbocycles. The van der Waals surface area contributed by atoms with E-state index in [4.69, 9.17) is 22.1 Å². The molecule has 1 amide bonds. The van der Waals surface area contributed by atoms with Gasteiger partial charge in [0, 0.05) is 24.7 Å². The molecule has 6 nitrogen and oxygen atoms in total. The topological polar surface area (TPSA) is 85.5 Å². The highest BCUT2D eigenvalue weighted by Gasteiger charge is 2.34. The van der Waals surface area contributed by atoms with E-state index >= 15 is 0 Å². The highest BCUT2D eigenvalue weighted by molar-refractivity contribution is 6.30. The Morgan fingerprint density at radius 2 is 2.07 bits per heavy atom. The maximum atomic E-state index is 13.8. The Morgan fingerprint density at radius 1 is 1.36 bits per heavy atom. The molecule has 148 valence electrons. The largest absolute Gasteiger partial charge is 0.445 e. The SMILES string of the molecule is C[C@@H]1CC(C(=O)c2cnc(Cl)c(F)c2N)CCN1C(=O)OCc1ccccc1. The number of nitrogens with zero attached hydrogens (tertiary/aromatic N) is 2. The molecule has 2 N–H and O–H groups in total. The van der Waals surface area contributed by atoms with Gasteiger partial charge >= 0.3 is 6.09 Å². The van der Waals surface area contributed by atoms with E-state index in [1.807, 2.05) is 37.3 Å². The van der Waals surface area contributed by atoms with Crippen LogP contribution < -0.4 is 5.73 Å².